The number of hydrogen-bond donors (Lipinski definition) is 0. The zero-order chi connectivity index (χ0) is 14.1. The Morgan fingerprint density at radius 3 is 2.70 bits per heavy atom. The summed E-state index contributed by atoms with van der Waals surface area (Å²) >= 11 is 5.88. The van der Waals surface area contributed by atoms with Crippen LogP contribution in [0, 0.1) is 13.8 Å². The maximum Gasteiger partial charge on any atom is 0.160 e. The van der Waals surface area contributed by atoms with E-state index < -0.39 is 0 Å². The van der Waals surface area contributed by atoms with Crippen LogP contribution in [0.4, 0.5) is 0 Å². The molecule has 3 aromatic heterocycles. The predicted octanol–water partition coefficient (Wildman–Crippen LogP) is 3.47. The largest absolute Gasteiger partial charge is 0.464 e. The van der Waals surface area contributed by atoms with Crippen LogP contribution in [0.5, 0.6) is 0 Å². The molecule has 0 aliphatic carbocycles. The summed E-state index contributed by atoms with van der Waals surface area (Å²) < 4.78 is 7.75. The molecule has 0 aliphatic rings. The number of fused-ring (bicyclic) bond motifs is 1. The number of halogens is 1. The Balaban J connectivity index is 2.09. The first-order valence-corrected chi connectivity index (χ1v) is 7.15. The molecule has 3 heterocycles. The fraction of sp³-hybridized carbons (Fsp3) is 0.333. The van der Waals surface area contributed by atoms with Gasteiger partial charge in [0.2, 0.25) is 0 Å². The van der Waals surface area contributed by atoms with Crippen LogP contribution < -0.4 is 0 Å². The molecular weight excluding hydrogens is 274 g/mol. The predicted molar refractivity (Wildman–Crippen MR) is 79.2 cm³/mol. The highest BCUT2D eigenvalue weighted by molar-refractivity contribution is 6.17. The van der Waals surface area contributed by atoms with Gasteiger partial charge in [-0.1, -0.05) is 0 Å². The lowest BCUT2D eigenvalue weighted by Crippen LogP contribution is -2.06. The normalized spacial score (nSPS) is 11.3. The first-order valence-electron chi connectivity index (χ1n) is 6.61. The number of rotatable bonds is 4. The van der Waals surface area contributed by atoms with Gasteiger partial charge in [0.15, 0.2) is 5.65 Å². The minimum Gasteiger partial charge on any atom is -0.464 e. The smallest absolute Gasteiger partial charge is 0.160 e. The number of imidazole rings is 1. The van der Waals surface area contributed by atoms with Crippen LogP contribution in [0.15, 0.2) is 28.7 Å². The lowest BCUT2D eigenvalue weighted by atomic mass is 10.3. The van der Waals surface area contributed by atoms with E-state index in [0.29, 0.717) is 12.4 Å². The Morgan fingerprint density at radius 2 is 2.00 bits per heavy atom. The van der Waals surface area contributed by atoms with Crippen LogP contribution in [0.2, 0.25) is 0 Å². The van der Waals surface area contributed by atoms with Crippen molar-refractivity contribution >= 4 is 22.8 Å². The maximum atomic E-state index is 5.88. The van der Waals surface area contributed by atoms with E-state index in [1.165, 1.54) is 0 Å². The molecule has 4 nitrogen and oxygen atoms in total. The molecule has 0 spiro atoms. The van der Waals surface area contributed by atoms with Crippen LogP contribution in [-0.4, -0.2) is 20.4 Å². The Hall–Kier alpha value is -1.81. The van der Waals surface area contributed by atoms with Crippen LogP contribution >= 0.6 is 11.6 Å². The molecule has 0 unspecified atom stereocenters. The molecule has 0 aliphatic heterocycles. The van der Waals surface area contributed by atoms with Crippen molar-refractivity contribution in [1.29, 1.82) is 0 Å². The molecule has 0 aromatic carbocycles. The lowest BCUT2D eigenvalue weighted by Gasteiger charge is -2.06. The second kappa shape index (κ2) is 5.29. The van der Waals surface area contributed by atoms with Gasteiger partial charge in [0.25, 0.3) is 0 Å². The van der Waals surface area contributed by atoms with Crippen molar-refractivity contribution in [3.8, 4) is 0 Å². The Kier molecular flexibility index (Phi) is 3.49. The van der Waals surface area contributed by atoms with Crippen molar-refractivity contribution < 1.29 is 4.42 Å². The average Bonchev–Trinajstić information content (AvgIpc) is 2.96. The topological polar surface area (TPSA) is 43.9 Å². The highest BCUT2D eigenvalue weighted by atomic mass is 35.5. The summed E-state index contributed by atoms with van der Waals surface area (Å²) in [4.78, 5) is 9.22. The highest BCUT2D eigenvalue weighted by Crippen LogP contribution is 2.18. The fourth-order valence-electron chi connectivity index (χ4n) is 2.31. The summed E-state index contributed by atoms with van der Waals surface area (Å²) in [7, 11) is 0. The van der Waals surface area contributed by atoms with Crippen molar-refractivity contribution in [1.82, 2.24) is 14.5 Å². The standard InChI is InChI=1S/C15H16ClN3O/c1-10-3-6-13-15(17-10)19(14(18-13)7-8-16)9-12-5-4-11(2)20-12/h3-6H,7-9H2,1-2H3. The third kappa shape index (κ3) is 2.43. The summed E-state index contributed by atoms with van der Waals surface area (Å²) in [6, 6.07) is 7.93. The van der Waals surface area contributed by atoms with Crippen molar-refractivity contribution in [3.05, 3.63) is 47.3 Å². The fourth-order valence-corrected chi connectivity index (χ4v) is 2.48. The number of furan rings is 1. The summed E-state index contributed by atoms with van der Waals surface area (Å²) in [6.45, 7) is 4.56. The lowest BCUT2D eigenvalue weighted by molar-refractivity contribution is 0.468. The molecule has 3 rings (SSSR count). The molecule has 0 fully saturated rings. The SMILES string of the molecule is Cc1ccc2nc(CCCl)n(Cc3ccc(C)o3)c2n1. The third-order valence-electron chi connectivity index (χ3n) is 3.24. The Bertz CT molecular complexity index is 745. The monoisotopic (exact) mass is 289 g/mol. The first-order chi connectivity index (χ1) is 9.67. The summed E-state index contributed by atoms with van der Waals surface area (Å²) in [5, 5.41) is 0. The van der Waals surface area contributed by atoms with E-state index in [0.717, 1.165) is 40.6 Å². The number of pyridine rings is 1. The first kappa shape index (κ1) is 13.2. The van der Waals surface area contributed by atoms with Gasteiger partial charge in [-0.05, 0) is 38.1 Å². The molecule has 0 bridgehead atoms. The van der Waals surface area contributed by atoms with Gasteiger partial charge in [0, 0.05) is 18.0 Å². The number of hydrogen-bond acceptors (Lipinski definition) is 3. The summed E-state index contributed by atoms with van der Waals surface area (Å²) in [5.74, 6) is 3.30. The van der Waals surface area contributed by atoms with Gasteiger partial charge in [-0.15, -0.1) is 11.6 Å². The Morgan fingerprint density at radius 1 is 1.15 bits per heavy atom. The number of aromatic nitrogens is 3. The second-order valence-corrected chi connectivity index (χ2v) is 5.24. The van der Waals surface area contributed by atoms with E-state index in [1.54, 1.807) is 0 Å². The number of nitrogens with zero attached hydrogens (tertiary/aromatic N) is 3. The Labute approximate surface area is 122 Å². The van der Waals surface area contributed by atoms with E-state index in [4.69, 9.17) is 16.0 Å². The van der Waals surface area contributed by atoms with Crippen LogP contribution in [0.1, 0.15) is 23.0 Å². The van der Waals surface area contributed by atoms with Gasteiger partial charge in [-0.25, -0.2) is 9.97 Å². The van der Waals surface area contributed by atoms with Crippen LogP contribution in [-0.2, 0) is 13.0 Å². The second-order valence-electron chi connectivity index (χ2n) is 4.86. The minimum atomic E-state index is 0.541. The molecule has 0 saturated heterocycles. The molecule has 3 aromatic rings. The number of aryl methyl sites for hydroxylation is 3. The quantitative estimate of drug-likeness (QED) is 0.691. The molecule has 5 heteroatoms. The van der Waals surface area contributed by atoms with Gasteiger partial charge in [-0.3, -0.25) is 0 Å². The maximum absolute atomic E-state index is 5.88. The minimum absolute atomic E-state index is 0.541. The highest BCUT2D eigenvalue weighted by Gasteiger charge is 2.13. The molecule has 0 atom stereocenters. The van der Waals surface area contributed by atoms with Crippen molar-refractivity contribution in [2.45, 2.75) is 26.8 Å². The zero-order valence-corrected chi connectivity index (χ0v) is 12.3. The van der Waals surface area contributed by atoms with E-state index in [1.807, 2.05) is 38.1 Å². The van der Waals surface area contributed by atoms with Gasteiger partial charge in [0.1, 0.15) is 22.9 Å². The zero-order valence-electron chi connectivity index (χ0n) is 11.6. The van der Waals surface area contributed by atoms with Gasteiger partial charge >= 0.3 is 0 Å². The van der Waals surface area contributed by atoms with E-state index in [2.05, 4.69) is 14.5 Å². The number of alkyl halides is 1. The molecule has 0 N–H and O–H groups in total. The molecule has 20 heavy (non-hydrogen) atoms. The molecule has 0 amide bonds. The summed E-state index contributed by atoms with van der Waals surface area (Å²) in [6.07, 6.45) is 0.719. The third-order valence-corrected chi connectivity index (χ3v) is 3.43. The van der Waals surface area contributed by atoms with E-state index in [-0.39, 0.29) is 0 Å². The van der Waals surface area contributed by atoms with Crippen molar-refractivity contribution in [2.75, 3.05) is 5.88 Å². The molecule has 104 valence electrons. The van der Waals surface area contributed by atoms with Crippen LogP contribution in [0.25, 0.3) is 11.2 Å². The average molecular weight is 290 g/mol. The van der Waals surface area contributed by atoms with Crippen LogP contribution in [0.3, 0.4) is 0 Å². The van der Waals surface area contributed by atoms with Gasteiger partial charge in [-0.2, -0.15) is 0 Å². The van der Waals surface area contributed by atoms with Crippen molar-refractivity contribution in [2.24, 2.45) is 0 Å². The van der Waals surface area contributed by atoms with E-state index in [9.17, 15) is 0 Å². The van der Waals surface area contributed by atoms with E-state index >= 15 is 0 Å². The summed E-state index contributed by atoms with van der Waals surface area (Å²) in [5.41, 5.74) is 2.77. The molecule has 0 saturated carbocycles. The molecule has 0 radical (unpaired) electrons. The van der Waals surface area contributed by atoms with Gasteiger partial charge < -0.3 is 8.98 Å². The van der Waals surface area contributed by atoms with Crippen molar-refractivity contribution in [3.63, 3.8) is 0 Å². The molecular formula is C15H16ClN3O. The van der Waals surface area contributed by atoms with Gasteiger partial charge in [0.05, 0.1) is 6.54 Å².